The van der Waals surface area contributed by atoms with Gasteiger partial charge in [-0.25, -0.2) is 0 Å². The normalized spacial score (nSPS) is 19.9. The zero-order valence-electron chi connectivity index (χ0n) is 14.0. The largest absolute Gasteiger partial charge is 0.493 e. The van der Waals surface area contributed by atoms with Gasteiger partial charge in [-0.1, -0.05) is 12.7 Å². The van der Waals surface area contributed by atoms with E-state index in [0.29, 0.717) is 5.75 Å². The van der Waals surface area contributed by atoms with Crippen LogP contribution in [0.5, 0.6) is 11.5 Å². The van der Waals surface area contributed by atoms with E-state index in [1.165, 1.54) is 31.4 Å². The first-order valence-corrected chi connectivity index (χ1v) is 7.67. The molecule has 1 aromatic rings. The van der Waals surface area contributed by atoms with Crippen LogP contribution in [0.25, 0.3) is 0 Å². The molecule has 1 unspecified atom stereocenters. The van der Waals surface area contributed by atoms with E-state index in [-0.39, 0.29) is 24.5 Å². The van der Waals surface area contributed by atoms with Crippen LogP contribution in [0, 0.1) is 5.41 Å². The zero-order chi connectivity index (χ0) is 19.5. The molecule has 2 rings (SSSR count). The van der Waals surface area contributed by atoms with E-state index in [1.54, 1.807) is 0 Å². The summed E-state index contributed by atoms with van der Waals surface area (Å²) in [4.78, 5) is 24.6. The van der Waals surface area contributed by atoms with E-state index in [0.717, 1.165) is 4.90 Å². The number of hydrogen-bond donors (Lipinski definition) is 1. The minimum Gasteiger partial charge on any atom is -0.493 e. The minimum absolute atomic E-state index is 0.0798. The van der Waals surface area contributed by atoms with Crippen molar-refractivity contribution in [2.24, 2.45) is 5.41 Å². The number of hydrogen-bond acceptors (Lipinski definition) is 4. The number of aliphatic carboxylic acids is 1. The Labute approximate surface area is 147 Å². The molecule has 1 heterocycles. The van der Waals surface area contributed by atoms with E-state index < -0.39 is 36.4 Å². The van der Waals surface area contributed by atoms with Gasteiger partial charge in [0.15, 0.2) is 16.9 Å². The number of amides is 1. The number of benzene rings is 1. The van der Waals surface area contributed by atoms with E-state index in [9.17, 15) is 22.8 Å². The average Bonchev–Trinajstić information content (AvgIpc) is 3.06. The Morgan fingerprint density at radius 3 is 2.58 bits per heavy atom. The monoisotopic (exact) mass is 373 g/mol. The summed E-state index contributed by atoms with van der Waals surface area (Å²) in [5.41, 5.74) is -2.86. The van der Waals surface area contributed by atoms with Gasteiger partial charge in [0.2, 0.25) is 0 Å². The molecule has 0 aliphatic carbocycles. The van der Waals surface area contributed by atoms with Crippen LogP contribution in [-0.4, -0.2) is 54.9 Å². The molecule has 6 nitrogen and oxygen atoms in total. The number of likely N-dealkylation sites (tertiary alicyclic amines) is 1. The maximum atomic E-state index is 13.2. The third-order valence-electron chi connectivity index (χ3n) is 4.28. The van der Waals surface area contributed by atoms with Crippen LogP contribution in [0.4, 0.5) is 13.2 Å². The summed E-state index contributed by atoms with van der Waals surface area (Å²) in [6, 6.07) is 4.19. The fraction of sp³-hybridized carbons (Fsp3) is 0.412. The Bertz CT molecular complexity index is 719. The number of ether oxygens (including phenoxy) is 2. The third-order valence-corrected chi connectivity index (χ3v) is 4.28. The Morgan fingerprint density at radius 2 is 2.08 bits per heavy atom. The molecule has 0 saturated carbocycles. The molecule has 9 heteroatoms. The van der Waals surface area contributed by atoms with Crippen molar-refractivity contribution in [3.63, 3.8) is 0 Å². The smallest absolute Gasteiger partial charge is 0.406 e. The molecule has 1 aliphatic rings. The van der Waals surface area contributed by atoms with Crippen molar-refractivity contribution in [1.82, 2.24) is 4.90 Å². The minimum atomic E-state index is -4.95. The number of rotatable bonds is 6. The first kappa shape index (κ1) is 19.6. The lowest BCUT2D eigenvalue weighted by atomic mass is 9.86. The molecule has 1 fully saturated rings. The van der Waals surface area contributed by atoms with Crippen molar-refractivity contribution in [1.29, 1.82) is 0 Å². The van der Waals surface area contributed by atoms with Gasteiger partial charge in [-0.15, -0.1) is 0 Å². The Morgan fingerprint density at radius 1 is 1.38 bits per heavy atom. The highest BCUT2D eigenvalue weighted by Crippen LogP contribution is 2.46. The molecule has 1 atom stereocenters. The molecule has 0 radical (unpaired) electrons. The number of carbonyl (C=O) groups excluding carboxylic acids is 1. The van der Waals surface area contributed by atoms with Crippen LogP contribution < -0.4 is 9.47 Å². The van der Waals surface area contributed by atoms with Gasteiger partial charge >= 0.3 is 12.1 Å². The van der Waals surface area contributed by atoms with Gasteiger partial charge in [0.05, 0.1) is 7.11 Å². The maximum Gasteiger partial charge on any atom is 0.406 e. The molecule has 0 bridgehead atoms. The molecule has 26 heavy (non-hydrogen) atoms. The summed E-state index contributed by atoms with van der Waals surface area (Å²) in [5.74, 6) is -2.10. The van der Waals surface area contributed by atoms with Gasteiger partial charge in [0, 0.05) is 18.7 Å². The van der Waals surface area contributed by atoms with Crippen molar-refractivity contribution in [3.8, 4) is 11.5 Å². The second kappa shape index (κ2) is 7.27. The van der Waals surface area contributed by atoms with Crippen molar-refractivity contribution >= 4 is 11.9 Å². The number of nitrogens with zero attached hydrogens (tertiary/aromatic N) is 1. The number of carboxylic acid groups (broad SMARTS) is 1. The average molecular weight is 373 g/mol. The first-order valence-electron chi connectivity index (χ1n) is 7.67. The van der Waals surface area contributed by atoms with E-state index in [4.69, 9.17) is 14.6 Å². The molecule has 1 amide bonds. The van der Waals surface area contributed by atoms with Crippen molar-refractivity contribution in [2.45, 2.75) is 12.6 Å². The van der Waals surface area contributed by atoms with Gasteiger partial charge in [0.1, 0.15) is 6.61 Å². The summed E-state index contributed by atoms with van der Waals surface area (Å²) < 4.78 is 50.2. The first-order chi connectivity index (χ1) is 12.2. The number of carbonyl (C=O) groups is 2. The van der Waals surface area contributed by atoms with Crippen LogP contribution in [0.2, 0.25) is 0 Å². The second-order valence-electron chi connectivity index (χ2n) is 5.83. The number of carboxylic acids is 1. The summed E-state index contributed by atoms with van der Waals surface area (Å²) in [6.45, 7) is 2.49. The highest BCUT2D eigenvalue weighted by molar-refractivity contribution is 5.95. The summed E-state index contributed by atoms with van der Waals surface area (Å²) in [7, 11) is 1.36. The molecule has 0 aromatic heterocycles. The van der Waals surface area contributed by atoms with Gasteiger partial charge < -0.3 is 19.5 Å². The Hall–Kier alpha value is -2.71. The fourth-order valence-corrected chi connectivity index (χ4v) is 2.76. The van der Waals surface area contributed by atoms with Crippen LogP contribution in [0.1, 0.15) is 16.8 Å². The number of methoxy groups -OCH3 is 1. The van der Waals surface area contributed by atoms with E-state index in [2.05, 4.69) is 6.58 Å². The highest BCUT2D eigenvalue weighted by Gasteiger charge is 2.64. The Kier molecular flexibility index (Phi) is 5.48. The molecular formula is C17H18F3NO5. The summed E-state index contributed by atoms with van der Waals surface area (Å²) in [5, 5.41) is 9.07. The van der Waals surface area contributed by atoms with Crippen LogP contribution in [-0.2, 0) is 4.79 Å². The summed E-state index contributed by atoms with van der Waals surface area (Å²) >= 11 is 0. The van der Waals surface area contributed by atoms with E-state index >= 15 is 0 Å². The Balaban J connectivity index is 2.25. The number of halogens is 3. The van der Waals surface area contributed by atoms with Crippen molar-refractivity contribution in [2.75, 3.05) is 26.8 Å². The highest BCUT2D eigenvalue weighted by atomic mass is 19.4. The molecule has 142 valence electrons. The van der Waals surface area contributed by atoms with Gasteiger partial charge in [-0.2, -0.15) is 13.2 Å². The fourth-order valence-electron chi connectivity index (χ4n) is 2.76. The SMILES string of the molecule is C=CCOc1ccc(C(=O)N2CCC(C(=O)O)(C(F)(F)F)C2)cc1OC. The van der Waals surface area contributed by atoms with E-state index in [1.807, 2.05) is 0 Å². The van der Waals surface area contributed by atoms with Crippen LogP contribution >= 0.6 is 0 Å². The lowest BCUT2D eigenvalue weighted by Crippen LogP contribution is -2.47. The van der Waals surface area contributed by atoms with Gasteiger partial charge in [0.25, 0.3) is 5.91 Å². The second-order valence-corrected chi connectivity index (χ2v) is 5.83. The molecule has 1 aromatic carbocycles. The van der Waals surface area contributed by atoms with Crippen molar-refractivity contribution < 1.29 is 37.3 Å². The van der Waals surface area contributed by atoms with Gasteiger partial charge in [-0.3, -0.25) is 9.59 Å². The summed E-state index contributed by atoms with van der Waals surface area (Å²) in [6.07, 6.45) is -4.12. The predicted molar refractivity (Wildman–Crippen MR) is 85.3 cm³/mol. The molecule has 0 spiro atoms. The van der Waals surface area contributed by atoms with Crippen LogP contribution in [0.15, 0.2) is 30.9 Å². The lowest BCUT2D eigenvalue weighted by Gasteiger charge is -2.27. The lowest BCUT2D eigenvalue weighted by molar-refractivity contribution is -0.227. The zero-order valence-corrected chi connectivity index (χ0v) is 14.0. The maximum absolute atomic E-state index is 13.2. The topological polar surface area (TPSA) is 76.1 Å². The molecule has 1 saturated heterocycles. The van der Waals surface area contributed by atoms with Gasteiger partial charge in [-0.05, 0) is 24.6 Å². The quantitative estimate of drug-likeness (QED) is 0.776. The standard InChI is InChI=1S/C17H18F3NO5/c1-3-8-26-12-5-4-11(9-13(12)25-2)14(22)21-7-6-16(10-21,15(23)24)17(18,19)20/h3-5,9H,1,6-8,10H2,2H3,(H,23,24). The predicted octanol–water partition coefficient (Wildman–Crippen LogP) is 2.74. The molecular weight excluding hydrogens is 355 g/mol. The number of alkyl halides is 3. The third kappa shape index (κ3) is 3.47. The van der Waals surface area contributed by atoms with Crippen LogP contribution in [0.3, 0.4) is 0 Å². The molecule has 1 aliphatic heterocycles. The van der Waals surface area contributed by atoms with Crippen molar-refractivity contribution in [3.05, 3.63) is 36.4 Å². The molecule has 1 N–H and O–H groups in total.